The lowest BCUT2D eigenvalue weighted by Gasteiger charge is -2.34. The van der Waals surface area contributed by atoms with Crippen molar-refractivity contribution in [3.8, 4) is 0 Å². The third kappa shape index (κ3) is 5.19. The largest absolute Gasteiger partial charge is 0.368 e. The van der Waals surface area contributed by atoms with Gasteiger partial charge in [0, 0.05) is 24.6 Å². The second-order valence-corrected chi connectivity index (χ2v) is 8.69. The zero-order chi connectivity index (χ0) is 17.8. The fourth-order valence-electron chi connectivity index (χ4n) is 5.02. The van der Waals surface area contributed by atoms with Crippen LogP contribution in [0.15, 0.2) is 0 Å². The van der Waals surface area contributed by atoms with Gasteiger partial charge in [-0.2, -0.15) is 0 Å². The molecule has 5 unspecified atom stereocenters. The van der Waals surface area contributed by atoms with Crippen LogP contribution in [0.1, 0.15) is 71.6 Å². The van der Waals surface area contributed by atoms with Crippen LogP contribution in [0.5, 0.6) is 0 Å². The second kappa shape index (κ2) is 8.52. The number of hydrogen-bond donors (Lipinski definition) is 2. The fraction of sp³-hybridized carbons (Fsp3) is 0.900. The molecule has 25 heavy (non-hydrogen) atoms. The van der Waals surface area contributed by atoms with Crippen molar-refractivity contribution in [2.75, 3.05) is 6.61 Å². The first-order valence-corrected chi connectivity index (χ1v) is 10.2. The first-order valence-electron chi connectivity index (χ1n) is 10.2. The predicted molar refractivity (Wildman–Crippen MR) is 97.0 cm³/mol. The molecule has 2 aliphatic carbocycles. The van der Waals surface area contributed by atoms with Crippen LogP contribution in [0.2, 0.25) is 0 Å². The summed E-state index contributed by atoms with van der Waals surface area (Å²) in [5.41, 5.74) is 0. The van der Waals surface area contributed by atoms with Gasteiger partial charge in [0.2, 0.25) is 11.8 Å². The van der Waals surface area contributed by atoms with Gasteiger partial charge in [-0.3, -0.25) is 9.59 Å². The van der Waals surface area contributed by atoms with E-state index in [0.29, 0.717) is 24.5 Å². The number of hydrogen-bond acceptors (Lipinski definition) is 3. The minimum atomic E-state index is -0.278. The molecule has 3 rings (SSSR count). The van der Waals surface area contributed by atoms with Gasteiger partial charge in [0.25, 0.3) is 0 Å². The first kappa shape index (κ1) is 18.7. The summed E-state index contributed by atoms with van der Waals surface area (Å²) < 4.78 is 5.46. The van der Waals surface area contributed by atoms with Gasteiger partial charge in [-0.05, 0) is 63.2 Å². The Kier molecular flexibility index (Phi) is 6.37. The number of ether oxygens (including phenoxy) is 1. The molecule has 2 N–H and O–H groups in total. The Morgan fingerprint density at radius 3 is 2.20 bits per heavy atom. The minimum Gasteiger partial charge on any atom is -0.368 e. The van der Waals surface area contributed by atoms with Crippen molar-refractivity contribution in [3.05, 3.63) is 0 Å². The monoisotopic (exact) mass is 350 g/mol. The summed E-state index contributed by atoms with van der Waals surface area (Å²) in [5, 5.41) is 6.42. The predicted octanol–water partition coefficient (Wildman–Crippen LogP) is 2.78. The fourth-order valence-corrected chi connectivity index (χ4v) is 5.02. The van der Waals surface area contributed by atoms with Crippen LogP contribution in [0, 0.1) is 17.8 Å². The zero-order valence-corrected chi connectivity index (χ0v) is 15.8. The van der Waals surface area contributed by atoms with E-state index in [1.807, 2.05) is 0 Å². The third-order valence-corrected chi connectivity index (χ3v) is 6.14. The Bertz CT molecular complexity index is 466. The molecule has 0 aromatic rings. The normalized spacial score (nSPS) is 39.0. The smallest absolute Gasteiger partial charge is 0.249 e. The van der Waals surface area contributed by atoms with Crippen molar-refractivity contribution < 1.29 is 14.3 Å². The molecule has 0 bridgehead atoms. The number of nitrogens with one attached hydrogen (secondary N) is 2. The molecule has 2 saturated carbocycles. The Balaban J connectivity index is 1.47. The highest BCUT2D eigenvalue weighted by Crippen LogP contribution is 2.30. The van der Waals surface area contributed by atoms with E-state index in [-0.39, 0.29) is 29.9 Å². The van der Waals surface area contributed by atoms with Gasteiger partial charge in [-0.25, -0.2) is 0 Å². The summed E-state index contributed by atoms with van der Waals surface area (Å²) >= 11 is 0. The number of carbonyl (C=O) groups is 2. The number of rotatable bonds is 4. The van der Waals surface area contributed by atoms with Crippen molar-refractivity contribution in [3.63, 3.8) is 0 Å². The summed E-state index contributed by atoms with van der Waals surface area (Å²) in [5.74, 6) is 1.63. The summed E-state index contributed by atoms with van der Waals surface area (Å²) in [7, 11) is 0. The van der Waals surface area contributed by atoms with Crippen molar-refractivity contribution in [2.45, 2.75) is 89.8 Å². The van der Waals surface area contributed by atoms with Crippen LogP contribution in [-0.4, -0.2) is 36.6 Å². The minimum absolute atomic E-state index is 0.0125. The van der Waals surface area contributed by atoms with E-state index < -0.39 is 0 Å². The van der Waals surface area contributed by atoms with E-state index in [2.05, 4.69) is 24.5 Å². The van der Waals surface area contributed by atoms with Gasteiger partial charge in [0.15, 0.2) is 0 Å². The average Bonchev–Trinajstić information content (AvgIpc) is 3.08. The van der Waals surface area contributed by atoms with E-state index >= 15 is 0 Å². The highest BCUT2D eigenvalue weighted by Gasteiger charge is 2.33. The van der Waals surface area contributed by atoms with Crippen LogP contribution < -0.4 is 10.6 Å². The van der Waals surface area contributed by atoms with Gasteiger partial charge in [-0.15, -0.1) is 0 Å². The summed E-state index contributed by atoms with van der Waals surface area (Å²) in [6, 6.07) is 0.443. The molecule has 0 aromatic carbocycles. The summed E-state index contributed by atoms with van der Waals surface area (Å²) in [4.78, 5) is 25.0. The maximum absolute atomic E-state index is 12.7. The van der Waals surface area contributed by atoms with Gasteiger partial charge in [0.05, 0.1) is 0 Å². The maximum Gasteiger partial charge on any atom is 0.249 e. The van der Waals surface area contributed by atoms with Crippen molar-refractivity contribution >= 4 is 11.8 Å². The van der Waals surface area contributed by atoms with Crippen LogP contribution in [0.3, 0.4) is 0 Å². The first-order chi connectivity index (χ1) is 12.0. The molecule has 142 valence electrons. The molecule has 0 spiro atoms. The van der Waals surface area contributed by atoms with Crippen LogP contribution >= 0.6 is 0 Å². The molecular weight excluding hydrogens is 316 g/mol. The lowest BCUT2D eigenvalue weighted by Crippen LogP contribution is -2.47. The highest BCUT2D eigenvalue weighted by atomic mass is 16.5. The second-order valence-electron chi connectivity index (χ2n) is 8.69. The molecule has 1 aliphatic heterocycles. The molecular formula is C20H34N2O3. The molecule has 3 aliphatic rings. The zero-order valence-electron chi connectivity index (χ0n) is 15.8. The lowest BCUT2D eigenvalue weighted by molar-refractivity contribution is -0.132. The van der Waals surface area contributed by atoms with E-state index in [9.17, 15) is 9.59 Å². The quantitative estimate of drug-likeness (QED) is 0.819. The maximum atomic E-state index is 12.7. The molecule has 2 amide bonds. The third-order valence-electron chi connectivity index (χ3n) is 6.14. The van der Waals surface area contributed by atoms with Gasteiger partial charge in [-0.1, -0.05) is 20.3 Å². The highest BCUT2D eigenvalue weighted by molar-refractivity contribution is 5.82. The SMILES string of the molecule is CC1CC(C)CC(NC(=O)C2CCCC(NC(=O)C3CCCO3)C2)C1. The van der Waals surface area contributed by atoms with Crippen molar-refractivity contribution in [1.29, 1.82) is 0 Å². The summed E-state index contributed by atoms with van der Waals surface area (Å²) in [6.45, 7) is 5.25. The molecule has 0 aromatic heterocycles. The van der Waals surface area contributed by atoms with Gasteiger partial charge < -0.3 is 15.4 Å². The summed E-state index contributed by atoms with van der Waals surface area (Å²) in [6.07, 6.45) is 8.66. The molecule has 5 atom stereocenters. The van der Waals surface area contributed by atoms with Crippen molar-refractivity contribution in [1.82, 2.24) is 10.6 Å². The van der Waals surface area contributed by atoms with E-state index in [1.54, 1.807) is 0 Å². The van der Waals surface area contributed by atoms with Gasteiger partial charge >= 0.3 is 0 Å². The van der Waals surface area contributed by atoms with Crippen LogP contribution in [0.4, 0.5) is 0 Å². The standard InChI is InChI=1S/C20H34N2O3/c1-13-9-14(2)11-17(10-13)22-19(23)15-5-3-6-16(12-15)21-20(24)18-7-4-8-25-18/h13-18H,3-12H2,1-2H3,(H,21,24)(H,22,23). The average molecular weight is 351 g/mol. The Labute approximate surface area is 151 Å². The molecule has 1 saturated heterocycles. The molecule has 5 heteroatoms. The van der Waals surface area contributed by atoms with E-state index in [4.69, 9.17) is 4.74 Å². The van der Waals surface area contributed by atoms with Crippen molar-refractivity contribution in [2.24, 2.45) is 17.8 Å². The van der Waals surface area contributed by atoms with Crippen LogP contribution in [-0.2, 0) is 14.3 Å². The lowest BCUT2D eigenvalue weighted by atomic mass is 9.79. The number of carbonyl (C=O) groups excluding carboxylic acids is 2. The Morgan fingerprint density at radius 2 is 1.52 bits per heavy atom. The molecule has 5 nitrogen and oxygen atoms in total. The Morgan fingerprint density at radius 1 is 0.800 bits per heavy atom. The molecule has 0 radical (unpaired) electrons. The Hall–Kier alpha value is -1.10. The van der Waals surface area contributed by atoms with E-state index in [1.165, 1.54) is 6.42 Å². The number of amides is 2. The van der Waals surface area contributed by atoms with E-state index in [0.717, 1.165) is 51.4 Å². The van der Waals surface area contributed by atoms with Gasteiger partial charge in [0.1, 0.15) is 6.10 Å². The van der Waals surface area contributed by atoms with Crippen LogP contribution in [0.25, 0.3) is 0 Å². The molecule has 1 heterocycles. The topological polar surface area (TPSA) is 67.4 Å². The molecule has 3 fully saturated rings.